The van der Waals surface area contributed by atoms with Gasteiger partial charge in [-0.15, -0.1) is 0 Å². The van der Waals surface area contributed by atoms with E-state index in [1.165, 1.54) is 0 Å². The van der Waals surface area contributed by atoms with Crippen LogP contribution in [0.3, 0.4) is 0 Å². The number of aliphatic hydroxyl groups excluding tert-OH is 2. The predicted molar refractivity (Wildman–Crippen MR) is 69.6 cm³/mol. The Balaban J connectivity index is 3.62. The Morgan fingerprint density at radius 1 is 0.889 bits per heavy atom. The van der Waals surface area contributed by atoms with Crippen molar-refractivity contribution in [1.82, 2.24) is 0 Å². The molecule has 0 atom stereocenters. The molecule has 0 aromatic heterocycles. The van der Waals surface area contributed by atoms with Crippen LogP contribution in [0.2, 0.25) is 0 Å². The fraction of sp³-hybridized carbons (Fsp3) is 1.00. The van der Waals surface area contributed by atoms with Gasteiger partial charge in [0.1, 0.15) is 0 Å². The van der Waals surface area contributed by atoms with Gasteiger partial charge in [0.15, 0.2) is 0 Å². The molecule has 0 amide bonds. The van der Waals surface area contributed by atoms with Crippen LogP contribution in [-0.4, -0.2) is 63.6 Å². The van der Waals surface area contributed by atoms with Crippen molar-refractivity contribution < 1.29 is 24.4 Å². The van der Waals surface area contributed by atoms with Gasteiger partial charge in [0.2, 0.25) is 0 Å². The van der Waals surface area contributed by atoms with E-state index < -0.39 is 5.41 Å². The van der Waals surface area contributed by atoms with E-state index in [-0.39, 0.29) is 19.1 Å². The highest BCUT2D eigenvalue weighted by atomic mass is 16.5. The van der Waals surface area contributed by atoms with Crippen LogP contribution in [-0.2, 0) is 14.2 Å². The summed E-state index contributed by atoms with van der Waals surface area (Å²) in [7, 11) is 1.63. The van der Waals surface area contributed by atoms with Gasteiger partial charge < -0.3 is 24.4 Å². The Morgan fingerprint density at radius 3 is 1.83 bits per heavy atom. The van der Waals surface area contributed by atoms with E-state index in [4.69, 9.17) is 14.2 Å². The molecule has 0 bridgehead atoms. The fourth-order valence-corrected chi connectivity index (χ4v) is 1.60. The third kappa shape index (κ3) is 6.66. The van der Waals surface area contributed by atoms with Crippen LogP contribution < -0.4 is 0 Å². The maximum Gasteiger partial charge on any atom is 0.0701 e. The van der Waals surface area contributed by atoms with Crippen molar-refractivity contribution in [2.45, 2.75) is 20.3 Å². The maximum absolute atomic E-state index is 9.39. The fourth-order valence-electron chi connectivity index (χ4n) is 1.60. The van der Waals surface area contributed by atoms with Crippen LogP contribution in [0, 0.1) is 11.3 Å². The minimum atomic E-state index is -0.448. The molecule has 0 aromatic carbocycles. The molecule has 0 radical (unpaired) electrons. The minimum Gasteiger partial charge on any atom is -0.396 e. The number of hydrogen-bond acceptors (Lipinski definition) is 5. The summed E-state index contributed by atoms with van der Waals surface area (Å²) in [5, 5.41) is 18.8. The first-order valence-corrected chi connectivity index (χ1v) is 6.49. The van der Waals surface area contributed by atoms with Crippen LogP contribution in [0.4, 0.5) is 0 Å². The predicted octanol–water partition coefficient (Wildman–Crippen LogP) is 0.683. The highest BCUT2D eigenvalue weighted by molar-refractivity contribution is 4.80. The maximum atomic E-state index is 9.39. The van der Waals surface area contributed by atoms with Gasteiger partial charge in [-0.3, -0.25) is 0 Å². The van der Waals surface area contributed by atoms with Crippen LogP contribution >= 0.6 is 0 Å². The smallest absolute Gasteiger partial charge is 0.0701 e. The normalized spacial score (nSPS) is 12.3. The summed E-state index contributed by atoms with van der Waals surface area (Å²) in [6.45, 7) is 6.71. The van der Waals surface area contributed by atoms with E-state index in [0.717, 1.165) is 0 Å². The van der Waals surface area contributed by atoms with E-state index in [0.29, 0.717) is 39.5 Å². The summed E-state index contributed by atoms with van der Waals surface area (Å²) >= 11 is 0. The lowest BCUT2D eigenvalue weighted by Gasteiger charge is -2.33. The average Bonchev–Trinajstić information content (AvgIpc) is 2.37. The molecular formula is C13H28O5. The molecule has 0 heterocycles. The molecule has 0 unspecified atom stereocenters. The monoisotopic (exact) mass is 264 g/mol. The molecule has 5 heteroatoms. The Morgan fingerprint density at radius 2 is 1.39 bits per heavy atom. The second kappa shape index (κ2) is 10.7. The summed E-state index contributed by atoms with van der Waals surface area (Å²) in [6, 6.07) is 0. The quantitative estimate of drug-likeness (QED) is 0.507. The Bertz CT molecular complexity index is 180. The zero-order valence-corrected chi connectivity index (χ0v) is 11.9. The summed E-state index contributed by atoms with van der Waals surface area (Å²) in [5.74, 6) is 0.217. The molecule has 2 N–H and O–H groups in total. The lowest BCUT2D eigenvalue weighted by atomic mass is 9.76. The Kier molecular flexibility index (Phi) is 10.6. The van der Waals surface area contributed by atoms with Crippen LogP contribution in [0.1, 0.15) is 20.3 Å². The zero-order valence-electron chi connectivity index (χ0n) is 11.9. The van der Waals surface area contributed by atoms with Crippen molar-refractivity contribution in [2.75, 3.05) is 53.4 Å². The number of aliphatic hydroxyl groups is 2. The Labute approximate surface area is 110 Å². The van der Waals surface area contributed by atoms with Crippen LogP contribution in [0.15, 0.2) is 0 Å². The summed E-state index contributed by atoms with van der Waals surface area (Å²) in [6.07, 6.45) is 0.649. The first-order chi connectivity index (χ1) is 8.63. The van der Waals surface area contributed by atoms with Crippen molar-refractivity contribution in [2.24, 2.45) is 11.3 Å². The average molecular weight is 264 g/mol. The SMILES string of the molecule is COCCOCCOCCC(CO)(CO)C(C)C. The largest absolute Gasteiger partial charge is 0.396 e. The van der Waals surface area contributed by atoms with Crippen molar-refractivity contribution >= 4 is 0 Å². The molecule has 5 nitrogen and oxygen atoms in total. The van der Waals surface area contributed by atoms with Crippen molar-refractivity contribution in [3.8, 4) is 0 Å². The van der Waals surface area contributed by atoms with Gasteiger partial charge >= 0.3 is 0 Å². The molecule has 110 valence electrons. The van der Waals surface area contributed by atoms with Gasteiger partial charge in [-0.05, 0) is 12.3 Å². The molecule has 0 aromatic rings. The van der Waals surface area contributed by atoms with Gasteiger partial charge in [-0.25, -0.2) is 0 Å². The third-order valence-corrected chi connectivity index (χ3v) is 3.40. The van der Waals surface area contributed by atoms with E-state index in [9.17, 15) is 10.2 Å². The first-order valence-electron chi connectivity index (χ1n) is 6.49. The van der Waals surface area contributed by atoms with Crippen LogP contribution in [0.25, 0.3) is 0 Å². The number of ether oxygens (including phenoxy) is 3. The van der Waals surface area contributed by atoms with Gasteiger partial charge in [0.05, 0.1) is 39.6 Å². The first kappa shape index (κ1) is 17.8. The second-order valence-electron chi connectivity index (χ2n) is 4.80. The third-order valence-electron chi connectivity index (χ3n) is 3.40. The van der Waals surface area contributed by atoms with E-state index >= 15 is 0 Å². The molecule has 0 aliphatic rings. The van der Waals surface area contributed by atoms with Gasteiger partial charge in [0.25, 0.3) is 0 Å². The molecule has 0 spiro atoms. The standard InChI is InChI=1S/C13H28O5/c1-12(2)13(10-14,11-15)4-5-17-8-9-18-7-6-16-3/h12,14-15H,4-11H2,1-3H3. The summed E-state index contributed by atoms with van der Waals surface area (Å²) in [4.78, 5) is 0. The van der Waals surface area contributed by atoms with Crippen molar-refractivity contribution in [3.63, 3.8) is 0 Å². The van der Waals surface area contributed by atoms with Crippen LogP contribution in [0.5, 0.6) is 0 Å². The molecule has 18 heavy (non-hydrogen) atoms. The highest BCUT2D eigenvalue weighted by Crippen LogP contribution is 2.30. The highest BCUT2D eigenvalue weighted by Gasteiger charge is 2.32. The topological polar surface area (TPSA) is 68.2 Å². The molecule has 0 aliphatic heterocycles. The van der Waals surface area contributed by atoms with E-state index in [1.54, 1.807) is 7.11 Å². The van der Waals surface area contributed by atoms with Crippen molar-refractivity contribution in [1.29, 1.82) is 0 Å². The van der Waals surface area contributed by atoms with E-state index in [1.807, 2.05) is 13.8 Å². The molecule has 0 saturated heterocycles. The zero-order chi connectivity index (χ0) is 13.9. The lowest BCUT2D eigenvalue weighted by Crippen LogP contribution is -2.36. The van der Waals surface area contributed by atoms with E-state index in [2.05, 4.69) is 0 Å². The Hall–Kier alpha value is -0.200. The lowest BCUT2D eigenvalue weighted by molar-refractivity contribution is -0.0259. The van der Waals surface area contributed by atoms with Crippen molar-refractivity contribution in [3.05, 3.63) is 0 Å². The molecule has 0 saturated carbocycles. The summed E-state index contributed by atoms with van der Waals surface area (Å²) in [5.41, 5.74) is -0.448. The molecule has 0 aliphatic carbocycles. The molecule has 0 rings (SSSR count). The number of methoxy groups -OCH3 is 1. The molecular weight excluding hydrogens is 236 g/mol. The summed E-state index contributed by atoms with van der Waals surface area (Å²) < 4.78 is 15.5. The van der Waals surface area contributed by atoms with Gasteiger partial charge in [-0.2, -0.15) is 0 Å². The van der Waals surface area contributed by atoms with Gasteiger partial charge in [0, 0.05) is 19.1 Å². The van der Waals surface area contributed by atoms with Gasteiger partial charge in [-0.1, -0.05) is 13.8 Å². The second-order valence-corrected chi connectivity index (χ2v) is 4.80. The number of hydrogen-bond donors (Lipinski definition) is 2. The minimum absolute atomic E-state index is 0.0190. The number of rotatable bonds is 12. The molecule has 0 fully saturated rings.